The Labute approximate surface area is 89.3 Å². The Kier molecular flexibility index (Phi) is 3.67. The fraction of sp³-hybridized carbons (Fsp3) is 0.333. The second kappa shape index (κ2) is 4.61. The van der Waals surface area contributed by atoms with Crippen molar-refractivity contribution in [3.05, 3.63) is 29.8 Å². The van der Waals surface area contributed by atoms with Crippen LogP contribution in [-0.2, 0) is 10.0 Å². The molecule has 15 heavy (non-hydrogen) atoms. The molecule has 0 fully saturated rings. The fourth-order valence-electron chi connectivity index (χ4n) is 1.12. The summed E-state index contributed by atoms with van der Waals surface area (Å²) in [4.78, 5) is 0. The van der Waals surface area contributed by atoms with Gasteiger partial charge in [0, 0.05) is 0 Å². The molecule has 1 atom stereocenters. The van der Waals surface area contributed by atoms with E-state index < -0.39 is 15.4 Å². The number of hydrogen-bond donors (Lipinski definition) is 2. The van der Waals surface area contributed by atoms with Crippen LogP contribution in [0.25, 0.3) is 0 Å². The van der Waals surface area contributed by atoms with Crippen molar-refractivity contribution in [3.8, 4) is 5.75 Å². The summed E-state index contributed by atoms with van der Waals surface area (Å²) in [7, 11) is -0.664. The fourth-order valence-corrected chi connectivity index (χ4v) is 1.88. The van der Waals surface area contributed by atoms with E-state index in [0.717, 1.165) is 0 Å². The van der Waals surface area contributed by atoms with Crippen molar-refractivity contribution >= 4 is 10.0 Å². The lowest BCUT2D eigenvalue weighted by atomic mass is 10.2. The third kappa shape index (κ3) is 2.68. The molecule has 0 radical (unpaired) electrons. The van der Waals surface area contributed by atoms with Gasteiger partial charge in [-0.05, 0) is 24.7 Å². The highest BCUT2D eigenvalue weighted by atomic mass is 32.2. The maximum absolute atomic E-state index is 11.4. The largest absolute Gasteiger partial charge is 0.497 e. The highest BCUT2D eigenvalue weighted by Crippen LogP contribution is 2.20. The van der Waals surface area contributed by atoms with Crippen LogP contribution in [-0.4, -0.2) is 22.6 Å². The maximum atomic E-state index is 11.4. The van der Waals surface area contributed by atoms with Gasteiger partial charge in [-0.25, -0.2) is 13.1 Å². The van der Waals surface area contributed by atoms with Gasteiger partial charge in [0.1, 0.15) is 11.1 Å². The Balaban J connectivity index is 3.06. The van der Waals surface area contributed by atoms with Gasteiger partial charge in [0.25, 0.3) is 0 Å². The predicted molar refractivity (Wildman–Crippen MR) is 57.9 cm³/mol. The standard InChI is InChI=1S/C9H14N2O3S/c1-11-15(12,13)9(10)7-4-3-5-8(6-7)14-2/h3-6,9,11H,10H2,1-2H3. The number of nitrogens with one attached hydrogen (secondary N) is 1. The zero-order valence-electron chi connectivity index (χ0n) is 8.60. The minimum absolute atomic E-state index is 0.490. The zero-order valence-corrected chi connectivity index (χ0v) is 9.41. The van der Waals surface area contributed by atoms with Gasteiger partial charge in [0.05, 0.1) is 7.11 Å². The number of ether oxygens (including phenoxy) is 1. The number of nitrogens with two attached hydrogens (primary N) is 1. The molecule has 0 spiro atoms. The van der Waals surface area contributed by atoms with Crippen molar-refractivity contribution in [2.24, 2.45) is 5.73 Å². The molecule has 0 bridgehead atoms. The first-order valence-corrected chi connectivity index (χ1v) is 5.88. The van der Waals surface area contributed by atoms with E-state index >= 15 is 0 Å². The molecule has 0 aliphatic rings. The molecule has 1 aromatic carbocycles. The van der Waals surface area contributed by atoms with E-state index in [9.17, 15) is 8.42 Å². The third-order valence-corrected chi connectivity index (χ3v) is 3.55. The Morgan fingerprint density at radius 3 is 2.67 bits per heavy atom. The number of methoxy groups -OCH3 is 1. The van der Waals surface area contributed by atoms with Gasteiger partial charge in [0.15, 0.2) is 0 Å². The molecule has 0 aliphatic carbocycles. The number of hydrogen-bond acceptors (Lipinski definition) is 4. The second-order valence-corrected chi connectivity index (χ2v) is 4.95. The number of rotatable bonds is 4. The first-order chi connectivity index (χ1) is 7.01. The van der Waals surface area contributed by atoms with E-state index in [1.165, 1.54) is 14.2 Å². The van der Waals surface area contributed by atoms with E-state index in [4.69, 9.17) is 10.5 Å². The lowest BCUT2D eigenvalue weighted by Crippen LogP contribution is -2.31. The minimum atomic E-state index is -3.50. The van der Waals surface area contributed by atoms with Crippen molar-refractivity contribution in [2.75, 3.05) is 14.2 Å². The summed E-state index contributed by atoms with van der Waals surface area (Å²) in [6.07, 6.45) is 0. The molecule has 6 heteroatoms. The smallest absolute Gasteiger partial charge is 0.231 e. The van der Waals surface area contributed by atoms with Gasteiger partial charge in [-0.3, -0.25) is 0 Å². The van der Waals surface area contributed by atoms with E-state index in [1.54, 1.807) is 24.3 Å². The quantitative estimate of drug-likeness (QED) is 0.774. The van der Waals surface area contributed by atoms with Crippen LogP contribution in [0.15, 0.2) is 24.3 Å². The summed E-state index contributed by atoms with van der Waals surface area (Å²) in [5, 5.41) is -1.09. The number of sulfonamides is 1. The summed E-state index contributed by atoms with van der Waals surface area (Å²) in [6, 6.07) is 6.66. The molecule has 0 amide bonds. The van der Waals surface area contributed by atoms with E-state index in [2.05, 4.69) is 4.72 Å². The monoisotopic (exact) mass is 230 g/mol. The molecule has 1 unspecified atom stereocenters. The third-order valence-electron chi connectivity index (χ3n) is 2.04. The molecule has 0 aromatic heterocycles. The van der Waals surface area contributed by atoms with Crippen molar-refractivity contribution < 1.29 is 13.2 Å². The van der Waals surface area contributed by atoms with Crippen molar-refractivity contribution in [1.29, 1.82) is 0 Å². The Bertz CT molecular complexity index is 431. The maximum Gasteiger partial charge on any atom is 0.231 e. The van der Waals surface area contributed by atoms with Gasteiger partial charge in [-0.2, -0.15) is 0 Å². The van der Waals surface area contributed by atoms with E-state index in [-0.39, 0.29) is 0 Å². The van der Waals surface area contributed by atoms with Crippen LogP contribution in [0.4, 0.5) is 0 Å². The van der Waals surface area contributed by atoms with Crippen LogP contribution >= 0.6 is 0 Å². The number of benzene rings is 1. The Morgan fingerprint density at radius 2 is 2.13 bits per heavy atom. The Hall–Kier alpha value is -1.11. The molecule has 0 aliphatic heterocycles. The summed E-state index contributed by atoms with van der Waals surface area (Å²) in [5.41, 5.74) is 6.09. The van der Waals surface area contributed by atoms with Gasteiger partial charge in [-0.15, -0.1) is 0 Å². The van der Waals surface area contributed by atoms with Crippen molar-refractivity contribution in [3.63, 3.8) is 0 Å². The highest BCUT2D eigenvalue weighted by Gasteiger charge is 2.21. The van der Waals surface area contributed by atoms with Crippen LogP contribution in [0.2, 0.25) is 0 Å². The SMILES string of the molecule is CNS(=O)(=O)C(N)c1cccc(OC)c1. The molecule has 1 aromatic rings. The summed E-state index contributed by atoms with van der Waals surface area (Å²) in [6.45, 7) is 0. The zero-order chi connectivity index (χ0) is 11.5. The minimum Gasteiger partial charge on any atom is -0.497 e. The van der Waals surface area contributed by atoms with Crippen LogP contribution in [0, 0.1) is 0 Å². The second-order valence-electron chi connectivity index (χ2n) is 2.95. The van der Waals surface area contributed by atoms with Gasteiger partial charge >= 0.3 is 0 Å². The predicted octanol–water partition coefficient (Wildman–Crippen LogP) is 0.202. The molecule has 5 nitrogen and oxygen atoms in total. The topological polar surface area (TPSA) is 81.4 Å². The van der Waals surface area contributed by atoms with E-state index in [0.29, 0.717) is 11.3 Å². The summed E-state index contributed by atoms with van der Waals surface area (Å²) < 4.78 is 30.0. The summed E-state index contributed by atoms with van der Waals surface area (Å²) in [5.74, 6) is 0.578. The van der Waals surface area contributed by atoms with Crippen LogP contribution in [0.3, 0.4) is 0 Å². The molecule has 1 rings (SSSR count). The van der Waals surface area contributed by atoms with Crippen LogP contribution in [0.1, 0.15) is 10.9 Å². The van der Waals surface area contributed by atoms with Gasteiger partial charge in [0.2, 0.25) is 10.0 Å². The normalized spacial score (nSPS) is 13.5. The van der Waals surface area contributed by atoms with E-state index in [1.807, 2.05) is 0 Å². The molecular weight excluding hydrogens is 216 g/mol. The van der Waals surface area contributed by atoms with Crippen molar-refractivity contribution in [2.45, 2.75) is 5.37 Å². The molecule has 0 saturated heterocycles. The van der Waals surface area contributed by atoms with Crippen LogP contribution in [0.5, 0.6) is 5.75 Å². The average Bonchev–Trinajstić information content (AvgIpc) is 2.28. The van der Waals surface area contributed by atoms with Gasteiger partial charge in [-0.1, -0.05) is 12.1 Å². The molecule has 84 valence electrons. The summed E-state index contributed by atoms with van der Waals surface area (Å²) >= 11 is 0. The lowest BCUT2D eigenvalue weighted by Gasteiger charge is -2.12. The van der Waals surface area contributed by atoms with Gasteiger partial charge < -0.3 is 10.5 Å². The molecule has 0 saturated carbocycles. The molecule has 3 N–H and O–H groups in total. The average molecular weight is 230 g/mol. The molecule has 0 heterocycles. The Morgan fingerprint density at radius 1 is 1.47 bits per heavy atom. The van der Waals surface area contributed by atoms with Crippen molar-refractivity contribution in [1.82, 2.24) is 4.72 Å². The first-order valence-electron chi connectivity index (χ1n) is 4.33. The highest BCUT2D eigenvalue weighted by molar-refractivity contribution is 7.89. The lowest BCUT2D eigenvalue weighted by molar-refractivity contribution is 0.414. The molecular formula is C9H14N2O3S. The first kappa shape index (κ1) is 12.0. The van der Waals surface area contributed by atoms with Crippen LogP contribution < -0.4 is 15.2 Å².